The molecular weight excluding hydrogens is 245 g/mol. The first-order valence-corrected chi connectivity index (χ1v) is 1.48. The van der Waals surface area contributed by atoms with Crippen LogP contribution >= 0.6 is 0 Å². The van der Waals surface area contributed by atoms with Crippen molar-refractivity contribution in [2.24, 2.45) is 0 Å². The van der Waals surface area contributed by atoms with Gasteiger partial charge >= 0.3 is 0 Å². The Balaban J connectivity index is -0.0000000300. The summed E-state index contributed by atoms with van der Waals surface area (Å²) in [6.07, 6.45) is 0. The SMILES string of the molecule is CC(=O)O.O=[N+]([O-])[O-].[Cu].[Cu]. The first-order valence-electron chi connectivity index (χ1n) is 1.48. The van der Waals surface area contributed by atoms with Gasteiger partial charge in [0.1, 0.15) is 0 Å². The second-order valence-corrected chi connectivity index (χ2v) is 0.743. The van der Waals surface area contributed by atoms with Crippen LogP contribution in [0.3, 0.4) is 0 Å². The van der Waals surface area contributed by atoms with Crippen LogP contribution < -0.4 is 0 Å². The Morgan fingerprint density at radius 1 is 1.40 bits per heavy atom. The molecule has 6 nitrogen and oxygen atoms in total. The quantitative estimate of drug-likeness (QED) is 0.365. The Labute approximate surface area is 77.7 Å². The van der Waals surface area contributed by atoms with Gasteiger partial charge in [-0.05, 0) is 0 Å². The monoisotopic (exact) mass is 248 g/mol. The molecule has 0 saturated carbocycles. The van der Waals surface area contributed by atoms with Gasteiger partial charge < -0.3 is 20.4 Å². The first-order chi connectivity index (χ1) is 3.46. The zero-order chi connectivity index (χ0) is 7.15. The summed E-state index contributed by atoms with van der Waals surface area (Å²) in [7, 11) is 0. The van der Waals surface area contributed by atoms with Gasteiger partial charge in [0, 0.05) is 41.1 Å². The van der Waals surface area contributed by atoms with E-state index in [0.717, 1.165) is 6.92 Å². The van der Waals surface area contributed by atoms with E-state index in [1.807, 2.05) is 0 Å². The molecule has 0 saturated heterocycles. The minimum absolute atomic E-state index is 0. The minimum atomic E-state index is -1.75. The van der Waals surface area contributed by atoms with Crippen LogP contribution in [-0.4, -0.2) is 16.2 Å². The minimum Gasteiger partial charge on any atom is -0.481 e. The van der Waals surface area contributed by atoms with Crippen molar-refractivity contribution in [3.05, 3.63) is 15.3 Å². The summed E-state index contributed by atoms with van der Waals surface area (Å²) in [6.45, 7) is 1.08. The zero-order valence-corrected chi connectivity index (χ0v) is 6.51. The molecule has 8 heteroatoms. The molecule has 0 aromatic carbocycles. The number of carboxylic acids is 1. The molecule has 2 radical (unpaired) electrons. The van der Waals surface area contributed by atoms with E-state index in [1.54, 1.807) is 0 Å². The standard InChI is InChI=1S/C2H4O2.2Cu.NO3/c1-2(3)4;;;2-1(3)4/h1H3,(H,3,4);;;/q;;;-1. The van der Waals surface area contributed by atoms with Crippen LogP contribution in [0.1, 0.15) is 6.92 Å². The maximum Gasteiger partial charge on any atom is 0.300 e. The van der Waals surface area contributed by atoms with Crippen molar-refractivity contribution in [3.8, 4) is 0 Å². The largest absolute Gasteiger partial charge is 0.481 e. The van der Waals surface area contributed by atoms with E-state index >= 15 is 0 Å². The number of hydrogen-bond acceptors (Lipinski definition) is 4. The topological polar surface area (TPSA) is 104 Å². The molecule has 0 fully saturated rings. The fourth-order valence-corrected chi connectivity index (χ4v) is 0. The zero-order valence-electron chi connectivity index (χ0n) is 4.63. The maximum absolute atomic E-state index is 9.00. The number of rotatable bonds is 0. The van der Waals surface area contributed by atoms with Gasteiger partial charge in [-0.1, -0.05) is 0 Å². The van der Waals surface area contributed by atoms with Crippen LogP contribution in [0.2, 0.25) is 0 Å². The molecular formula is C2H4Cu2NO5-. The predicted molar refractivity (Wildman–Crippen MR) is 23.7 cm³/mol. The Kier molecular flexibility index (Phi) is 35.9. The van der Waals surface area contributed by atoms with Gasteiger partial charge in [0.2, 0.25) is 0 Å². The molecule has 0 spiro atoms. The molecule has 0 aromatic heterocycles. The van der Waals surface area contributed by atoms with E-state index in [9.17, 15) is 0 Å². The number of carbonyl (C=O) groups is 1. The van der Waals surface area contributed by atoms with E-state index in [0.29, 0.717) is 0 Å². The molecule has 0 atom stereocenters. The van der Waals surface area contributed by atoms with E-state index < -0.39 is 11.1 Å². The average Bonchev–Trinajstić information content (AvgIpc) is 1.25. The molecule has 0 bridgehead atoms. The maximum atomic E-state index is 9.00. The van der Waals surface area contributed by atoms with Crippen LogP contribution in [0.15, 0.2) is 0 Å². The molecule has 1 N–H and O–H groups in total. The molecule has 0 aliphatic heterocycles. The molecule has 0 amide bonds. The molecule has 0 aliphatic rings. The van der Waals surface area contributed by atoms with E-state index in [2.05, 4.69) is 0 Å². The number of hydrogen-bond donors (Lipinski definition) is 1. The number of aliphatic carboxylic acids is 1. The summed E-state index contributed by atoms with van der Waals surface area (Å²) in [4.78, 5) is 17.2. The van der Waals surface area contributed by atoms with Crippen LogP contribution in [0.25, 0.3) is 0 Å². The van der Waals surface area contributed by atoms with Gasteiger partial charge in [-0.25, -0.2) is 0 Å². The summed E-state index contributed by atoms with van der Waals surface area (Å²) in [5.74, 6) is -0.833. The van der Waals surface area contributed by atoms with Crippen molar-refractivity contribution in [3.63, 3.8) is 0 Å². The van der Waals surface area contributed by atoms with Crippen molar-refractivity contribution in [2.75, 3.05) is 0 Å². The van der Waals surface area contributed by atoms with Crippen LogP contribution in [-0.2, 0) is 38.9 Å². The summed E-state index contributed by atoms with van der Waals surface area (Å²) in [6, 6.07) is 0. The van der Waals surface area contributed by atoms with Crippen LogP contribution in [0.5, 0.6) is 0 Å². The molecule has 0 rings (SSSR count). The summed E-state index contributed by atoms with van der Waals surface area (Å²) < 4.78 is 0. The van der Waals surface area contributed by atoms with Gasteiger partial charge in [-0.2, -0.15) is 0 Å². The van der Waals surface area contributed by atoms with Crippen molar-refractivity contribution < 1.29 is 49.1 Å². The summed E-state index contributed by atoms with van der Waals surface area (Å²) in [5.41, 5.74) is 0. The van der Waals surface area contributed by atoms with Crippen molar-refractivity contribution in [2.45, 2.75) is 6.92 Å². The van der Waals surface area contributed by atoms with E-state index in [4.69, 9.17) is 25.2 Å². The van der Waals surface area contributed by atoms with Gasteiger partial charge in [0.15, 0.2) is 0 Å². The first kappa shape index (κ1) is 22.6. The number of nitrogens with zero attached hydrogens (tertiary/aromatic N) is 1. The van der Waals surface area contributed by atoms with Gasteiger partial charge in [-0.15, -0.1) is 0 Å². The van der Waals surface area contributed by atoms with Crippen molar-refractivity contribution in [1.29, 1.82) is 0 Å². The molecule has 0 aromatic rings. The van der Waals surface area contributed by atoms with E-state index in [1.165, 1.54) is 0 Å². The number of carboxylic acid groups (broad SMARTS) is 1. The molecule has 70 valence electrons. The van der Waals surface area contributed by atoms with Crippen LogP contribution in [0.4, 0.5) is 0 Å². The fraction of sp³-hybridized carbons (Fsp3) is 0.500. The third-order valence-corrected chi connectivity index (χ3v) is 0. The summed E-state index contributed by atoms with van der Waals surface area (Å²) in [5, 5.41) is 22.2. The smallest absolute Gasteiger partial charge is 0.300 e. The van der Waals surface area contributed by atoms with Gasteiger partial charge in [0.05, 0.1) is 5.09 Å². The average molecular weight is 249 g/mol. The molecule has 0 unspecified atom stereocenters. The summed E-state index contributed by atoms with van der Waals surface area (Å²) >= 11 is 0. The Morgan fingerprint density at radius 3 is 1.40 bits per heavy atom. The molecule has 0 aliphatic carbocycles. The predicted octanol–water partition coefficient (Wildman–Crippen LogP) is -0.153. The third-order valence-electron chi connectivity index (χ3n) is 0. The Morgan fingerprint density at radius 2 is 1.40 bits per heavy atom. The fourth-order valence-electron chi connectivity index (χ4n) is 0. The Hall–Kier alpha value is -0.291. The molecule has 10 heavy (non-hydrogen) atoms. The van der Waals surface area contributed by atoms with Gasteiger partial charge in [-0.3, -0.25) is 4.79 Å². The third kappa shape index (κ3) is 4100. The van der Waals surface area contributed by atoms with Crippen molar-refractivity contribution in [1.82, 2.24) is 0 Å². The van der Waals surface area contributed by atoms with Crippen LogP contribution in [0, 0.1) is 15.3 Å². The second-order valence-electron chi connectivity index (χ2n) is 0.743. The second kappa shape index (κ2) is 15.9. The van der Waals surface area contributed by atoms with Crippen molar-refractivity contribution >= 4 is 5.97 Å². The Bertz CT molecular complexity index is 75.6. The van der Waals surface area contributed by atoms with Gasteiger partial charge in [0.25, 0.3) is 5.97 Å². The normalized spacial score (nSPS) is 4.90. The van der Waals surface area contributed by atoms with E-state index in [-0.39, 0.29) is 34.1 Å². The molecule has 0 heterocycles.